The van der Waals surface area contributed by atoms with Gasteiger partial charge in [0, 0.05) is 18.9 Å². The van der Waals surface area contributed by atoms with E-state index in [1.165, 1.54) is 0 Å². The minimum atomic E-state index is -0.132. The van der Waals surface area contributed by atoms with Gasteiger partial charge in [0.1, 0.15) is 0 Å². The fourth-order valence-corrected chi connectivity index (χ4v) is 1.30. The molecule has 1 rings (SSSR count). The quantitative estimate of drug-likeness (QED) is 0.807. The zero-order valence-corrected chi connectivity index (χ0v) is 9.73. The standard InChI is InChI=1S/C12H20N2O/c1-4-12(2,3)15-11(9-13)10-5-7-14-8-6-10/h5-8,11H,4,9,13H2,1-3H3. The van der Waals surface area contributed by atoms with Gasteiger partial charge in [0.2, 0.25) is 0 Å². The number of hydrogen-bond donors (Lipinski definition) is 1. The first kappa shape index (κ1) is 12.1. The van der Waals surface area contributed by atoms with Crippen LogP contribution in [0.5, 0.6) is 0 Å². The Morgan fingerprint density at radius 2 is 2.00 bits per heavy atom. The highest BCUT2D eigenvalue weighted by Gasteiger charge is 2.21. The van der Waals surface area contributed by atoms with Crippen LogP contribution in [-0.4, -0.2) is 17.1 Å². The molecule has 0 fully saturated rings. The topological polar surface area (TPSA) is 48.1 Å². The molecule has 15 heavy (non-hydrogen) atoms. The molecule has 2 N–H and O–H groups in total. The molecule has 3 nitrogen and oxygen atoms in total. The molecule has 0 aliphatic carbocycles. The Morgan fingerprint density at radius 1 is 1.40 bits per heavy atom. The van der Waals surface area contributed by atoms with E-state index >= 15 is 0 Å². The van der Waals surface area contributed by atoms with Gasteiger partial charge in [0.15, 0.2) is 0 Å². The van der Waals surface area contributed by atoms with Crippen LogP contribution < -0.4 is 5.73 Å². The average Bonchev–Trinajstić information content (AvgIpc) is 2.27. The zero-order chi connectivity index (χ0) is 11.3. The summed E-state index contributed by atoms with van der Waals surface area (Å²) >= 11 is 0. The highest BCUT2D eigenvalue weighted by atomic mass is 16.5. The van der Waals surface area contributed by atoms with Gasteiger partial charge in [-0.3, -0.25) is 4.98 Å². The van der Waals surface area contributed by atoms with Crippen LogP contribution in [0.1, 0.15) is 38.9 Å². The van der Waals surface area contributed by atoms with E-state index < -0.39 is 0 Å². The van der Waals surface area contributed by atoms with Crippen molar-refractivity contribution in [2.24, 2.45) is 5.73 Å². The Labute approximate surface area is 91.7 Å². The Hall–Kier alpha value is -0.930. The molecule has 0 saturated heterocycles. The predicted octanol–water partition coefficient (Wildman–Crippen LogP) is 2.29. The smallest absolute Gasteiger partial charge is 0.0955 e. The lowest BCUT2D eigenvalue weighted by Crippen LogP contribution is -2.29. The van der Waals surface area contributed by atoms with Crippen molar-refractivity contribution in [1.82, 2.24) is 4.98 Å². The molecule has 0 aliphatic heterocycles. The van der Waals surface area contributed by atoms with E-state index in [1.807, 2.05) is 12.1 Å². The molecule has 0 amide bonds. The Balaban J connectivity index is 2.73. The maximum atomic E-state index is 5.97. The molecule has 1 heterocycles. The number of nitrogens with two attached hydrogens (primary N) is 1. The number of hydrogen-bond acceptors (Lipinski definition) is 3. The number of rotatable bonds is 5. The van der Waals surface area contributed by atoms with Gasteiger partial charge in [-0.15, -0.1) is 0 Å². The van der Waals surface area contributed by atoms with Crippen LogP contribution in [0.3, 0.4) is 0 Å². The number of ether oxygens (including phenoxy) is 1. The number of pyridine rings is 1. The summed E-state index contributed by atoms with van der Waals surface area (Å²) in [6.07, 6.45) is 4.46. The molecule has 3 heteroatoms. The maximum Gasteiger partial charge on any atom is 0.0955 e. The van der Waals surface area contributed by atoms with Crippen molar-refractivity contribution in [3.05, 3.63) is 30.1 Å². The predicted molar refractivity (Wildman–Crippen MR) is 61.5 cm³/mol. The second-order valence-corrected chi connectivity index (χ2v) is 4.24. The third-order valence-electron chi connectivity index (χ3n) is 2.60. The van der Waals surface area contributed by atoms with E-state index in [0.717, 1.165) is 12.0 Å². The van der Waals surface area contributed by atoms with E-state index in [9.17, 15) is 0 Å². The maximum absolute atomic E-state index is 5.97. The van der Waals surface area contributed by atoms with Gasteiger partial charge < -0.3 is 10.5 Å². The Kier molecular flexibility index (Phi) is 4.24. The van der Waals surface area contributed by atoms with E-state index in [2.05, 4.69) is 25.8 Å². The highest BCUT2D eigenvalue weighted by Crippen LogP contribution is 2.24. The molecule has 1 aromatic heterocycles. The van der Waals surface area contributed by atoms with Crippen LogP contribution in [0.4, 0.5) is 0 Å². The van der Waals surface area contributed by atoms with E-state index in [0.29, 0.717) is 6.54 Å². The molecule has 0 spiro atoms. The van der Waals surface area contributed by atoms with Crippen molar-refractivity contribution in [3.8, 4) is 0 Å². The fraction of sp³-hybridized carbons (Fsp3) is 0.583. The summed E-state index contributed by atoms with van der Waals surface area (Å²) in [5.74, 6) is 0. The molecular weight excluding hydrogens is 188 g/mol. The van der Waals surface area contributed by atoms with E-state index in [-0.39, 0.29) is 11.7 Å². The minimum absolute atomic E-state index is 0.0389. The SMILES string of the molecule is CCC(C)(C)OC(CN)c1ccncc1. The van der Waals surface area contributed by atoms with Crippen molar-refractivity contribution in [2.75, 3.05) is 6.54 Å². The molecular formula is C12H20N2O. The third kappa shape index (κ3) is 3.61. The highest BCUT2D eigenvalue weighted by molar-refractivity contribution is 5.13. The van der Waals surface area contributed by atoms with E-state index in [1.54, 1.807) is 12.4 Å². The molecule has 84 valence electrons. The summed E-state index contributed by atoms with van der Waals surface area (Å²) in [6, 6.07) is 3.90. The monoisotopic (exact) mass is 208 g/mol. The molecule has 0 radical (unpaired) electrons. The van der Waals surface area contributed by atoms with Gasteiger partial charge in [-0.25, -0.2) is 0 Å². The molecule has 0 aliphatic rings. The number of nitrogens with zero attached hydrogens (tertiary/aromatic N) is 1. The van der Waals surface area contributed by atoms with E-state index in [4.69, 9.17) is 10.5 Å². The van der Waals surface area contributed by atoms with Gasteiger partial charge in [0.05, 0.1) is 11.7 Å². The molecule has 1 unspecified atom stereocenters. The van der Waals surface area contributed by atoms with Crippen molar-refractivity contribution in [2.45, 2.75) is 38.9 Å². The largest absolute Gasteiger partial charge is 0.366 e. The van der Waals surface area contributed by atoms with Gasteiger partial charge >= 0.3 is 0 Å². The molecule has 0 saturated carbocycles. The first-order chi connectivity index (χ1) is 7.09. The van der Waals surface area contributed by atoms with Crippen molar-refractivity contribution >= 4 is 0 Å². The molecule has 0 bridgehead atoms. The van der Waals surface area contributed by atoms with Crippen LogP contribution >= 0.6 is 0 Å². The first-order valence-electron chi connectivity index (χ1n) is 5.37. The van der Waals surface area contributed by atoms with Crippen molar-refractivity contribution < 1.29 is 4.74 Å². The molecule has 0 aromatic carbocycles. The molecule has 1 aromatic rings. The second-order valence-electron chi connectivity index (χ2n) is 4.24. The van der Waals surface area contributed by atoms with Crippen LogP contribution in [-0.2, 0) is 4.74 Å². The van der Waals surface area contributed by atoms with Gasteiger partial charge in [-0.2, -0.15) is 0 Å². The normalized spacial score (nSPS) is 13.9. The van der Waals surface area contributed by atoms with Crippen LogP contribution in [0, 0.1) is 0 Å². The Bertz CT molecular complexity index is 285. The van der Waals surface area contributed by atoms with Crippen molar-refractivity contribution in [1.29, 1.82) is 0 Å². The summed E-state index contributed by atoms with van der Waals surface area (Å²) in [5.41, 5.74) is 6.68. The van der Waals surface area contributed by atoms with Crippen LogP contribution in [0.2, 0.25) is 0 Å². The summed E-state index contributed by atoms with van der Waals surface area (Å²) in [6.45, 7) is 6.77. The summed E-state index contributed by atoms with van der Waals surface area (Å²) in [4.78, 5) is 3.98. The van der Waals surface area contributed by atoms with Gasteiger partial charge in [0.25, 0.3) is 0 Å². The van der Waals surface area contributed by atoms with Gasteiger partial charge in [-0.1, -0.05) is 6.92 Å². The second kappa shape index (κ2) is 5.24. The molecule has 1 atom stereocenters. The summed E-state index contributed by atoms with van der Waals surface area (Å²) < 4.78 is 5.97. The minimum Gasteiger partial charge on any atom is -0.366 e. The van der Waals surface area contributed by atoms with Crippen LogP contribution in [0.15, 0.2) is 24.5 Å². The number of aromatic nitrogens is 1. The summed E-state index contributed by atoms with van der Waals surface area (Å²) in [5, 5.41) is 0. The fourth-order valence-electron chi connectivity index (χ4n) is 1.30. The van der Waals surface area contributed by atoms with Crippen LogP contribution in [0.25, 0.3) is 0 Å². The Morgan fingerprint density at radius 3 is 2.47 bits per heavy atom. The van der Waals surface area contributed by atoms with Crippen molar-refractivity contribution in [3.63, 3.8) is 0 Å². The summed E-state index contributed by atoms with van der Waals surface area (Å²) in [7, 11) is 0. The first-order valence-corrected chi connectivity index (χ1v) is 5.37. The lowest BCUT2D eigenvalue weighted by molar-refractivity contribution is -0.0713. The lowest BCUT2D eigenvalue weighted by Gasteiger charge is -2.29. The lowest BCUT2D eigenvalue weighted by atomic mass is 10.0. The average molecular weight is 208 g/mol. The third-order valence-corrected chi connectivity index (χ3v) is 2.60. The zero-order valence-electron chi connectivity index (χ0n) is 9.73. The van der Waals surface area contributed by atoms with Gasteiger partial charge in [-0.05, 0) is 38.0 Å².